The van der Waals surface area contributed by atoms with Gasteiger partial charge in [0.05, 0.1) is 6.10 Å². The molecule has 0 bridgehead atoms. The Hall–Kier alpha value is -0.820. The molecule has 0 saturated heterocycles. The average molecular weight is 137 g/mol. The van der Waals surface area contributed by atoms with E-state index >= 15 is 0 Å². The molecule has 10 heavy (non-hydrogen) atoms. The monoisotopic (exact) mass is 137 g/mol. The van der Waals surface area contributed by atoms with Gasteiger partial charge < -0.3 is 5.11 Å². The highest BCUT2D eigenvalue weighted by Crippen LogP contribution is 2.01. The van der Waals surface area contributed by atoms with Gasteiger partial charge in [0, 0.05) is 1.37 Å². The maximum Gasteiger partial charge on any atom is 0.0552 e. The molecule has 0 aliphatic carbocycles. The van der Waals surface area contributed by atoms with Crippen molar-refractivity contribution in [2.75, 3.05) is 0 Å². The van der Waals surface area contributed by atoms with Crippen LogP contribution in [-0.2, 0) is 6.40 Å². The van der Waals surface area contributed by atoms with Crippen LogP contribution in [0.2, 0.25) is 0 Å². The van der Waals surface area contributed by atoms with Crippen LogP contribution in [0, 0.1) is 0 Å². The van der Waals surface area contributed by atoms with E-state index in [2.05, 4.69) is 0 Å². The number of hydrogen-bond donors (Lipinski definition) is 1. The Bertz CT molecular complexity index is 208. The Kier molecular flexibility index (Phi) is 2.00. The molecule has 0 aliphatic rings. The second kappa shape index (κ2) is 3.37. The minimum atomic E-state index is -0.600. The molecule has 0 amide bonds. The van der Waals surface area contributed by atoms with E-state index in [0.29, 0.717) is 0 Å². The van der Waals surface area contributed by atoms with E-state index in [1.54, 1.807) is 6.92 Å². The quantitative estimate of drug-likeness (QED) is 0.656. The summed E-state index contributed by atoms with van der Waals surface area (Å²) in [7, 11) is 0. The van der Waals surface area contributed by atoms with Crippen molar-refractivity contribution in [2.24, 2.45) is 0 Å². The van der Waals surface area contributed by atoms with Gasteiger partial charge in [-0.1, -0.05) is 30.3 Å². The van der Waals surface area contributed by atoms with Crippen LogP contribution < -0.4 is 0 Å². The van der Waals surface area contributed by atoms with Gasteiger partial charge in [-0.15, -0.1) is 0 Å². The predicted octanol–water partition coefficient (Wildman–Crippen LogP) is 1.61. The standard InChI is InChI=1S/C9H12O/c1-8(10)7-9-5-3-2-4-6-9/h2-6,8,10H,7H2,1H3/t8-/m0/s1/i7D/t7-,8-. The Labute approximate surface area is 62.7 Å². The Morgan fingerprint density at radius 3 is 2.60 bits per heavy atom. The number of hydrogen-bond acceptors (Lipinski definition) is 1. The molecular formula is C9H12O. The van der Waals surface area contributed by atoms with Gasteiger partial charge in [-0.25, -0.2) is 0 Å². The number of aliphatic hydroxyl groups is 1. The van der Waals surface area contributed by atoms with Crippen LogP contribution in [0.4, 0.5) is 0 Å². The maximum absolute atomic E-state index is 9.09. The summed E-state index contributed by atoms with van der Waals surface area (Å²) >= 11 is 0. The third-order valence-electron chi connectivity index (χ3n) is 1.23. The van der Waals surface area contributed by atoms with Gasteiger partial charge in [0.2, 0.25) is 0 Å². The van der Waals surface area contributed by atoms with Crippen molar-refractivity contribution in [3.05, 3.63) is 35.9 Å². The van der Waals surface area contributed by atoms with E-state index in [1.165, 1.54) is 0 Å². The lowest BCUT2D eigenvalue weighted by Gasteiger charge is -2.01. The first-order valence-corrected chi connectivity index (χ1v) is 3.37. The predicted molar refractivity (Wildman–Crippen MR) is 41.8 cm³/mol. The molecule has 2 atom stereocenters. The maximum atomic E-state index is 9.09. The summed E-state index contributed by atoms with van der Waals surface area (Å²) in [5.74, 6) is 0. The first-order chi connectivity index (χ1) is 5.22. The summed E-state index contributed by atoms with van der Waals surface area (Å²) < 4.78 is 7.52. The molecule has 0 aromatic heterocycles. The second-order valence-electron chi connectivity index (χ2n) is 2.32. The van der Waals surface area contributed by atoms with E-state index < -0.39 is 12.5 Å². The lowest BCUT2D eigenvalue weighted by molar-refractivity contribution is 0.195. The van der Waals surface area contributed by atoms with Crippen molar-refractivity contribution in [1.82, 2.24) is 0 Å². The second-order valence-corrected chi connectivity index (χ2v) is 2.32. The zero-order valence-electron chi connectivity index (χ0n) is 6.99. The highest BCUT2D eigenvalue weighted by atomic mass is 16.3. The summed E-state index contributed by atoms with van der Waals surface area (Å²) in [5, 5.41) is 9.09. The van der Waals surface area contributed by atoms with Crippen molar-refractivity contribution in [3.8, 4) is 0 Å². The molecule has 1 heteroatoms. The Balaban J connectivity index is 2.77. The summed E-state index contributed by atoms with van der Waals surface area (Å²) in [6, 6.07) is 9.35. The average Bonchev–Trinajstić information content (AvgIpc) is 2.05. The van der Waals surface area contributed by atoms with Gasteiger partial charge >= 0.3 is 0 Å². The van der Waals surface area contributed by atoms with Crippen LogP contribution in [0.1, 0.15) is 13.9 Å². The van der Waals surface area contributed by atoms with Crippen molar-refractivity contribution < 1.29 is 6.48 Å². The molecule has 1 N–H and O–H groups in total. The van der Waals surface area contributed by atoms with Gasteiger partial charge in [0.15, 0.2) is 0 Å². The van der Waals surface area contributed by atoms with Gasteiger partial charge in [-0.05, 0) is 18.9 Å². The molecule has 0 heterocycles. The Morgan fingerprint density at radius 2 is 2.10 bits per heavy atom. The van der Waals surface area contributed by atoms with Crippen LogP contribution in [0.5, 0.6) is 0 Å². The zero-order chi connectivity index (χ0) is 8.27. The van der Waals surface area contributed by atoms with Crippen LogP contribution >= 0.6 is 0 Å². The molecule has 1 nitrogen and oxygen atoms in total. The minimum Gasteiger partial charge on any atom is -0.393 e. The van der Waals surface area contributed by atoms with E-state index in [4.69, 9.17) is 6.48 Å². The van der Waals surface area contributed by atoms with E-state index in [9.17, 15) is 0 Å². The topological polar surface area (TPSA) is 20.2 Å². The molecule has 0 unspecified atom stereocenters. The molecule has 0 saturated carbocycles. The summed E-state index contributed by atoms with van der Waals surface area (Å²) in [5.41, 5.74) is 0.863. The molecule has 0 aliphatic heterocycles. The fourth-order valence-electron chi connectivity index (χ4n) is 0.843. The van der Waals surface area contributed by atoms with Crippen LogP contribution in [-0.4, -0.2) is 11.2 Å². The third-order valence-corrected chi connectivity index (χ3v) is 1.23. The van der Waals surface area contributed by atoms with E-state index in [1.807, 2.05) is 30.3 Å². The zero-order valence-corrected chi connectivity index (χ0v) is 5.99. The molecule has 0 radical (unpaired) electrons. The third kappa shape index (κ3) is 2.19. The highest BCUT2D eigenvalue weighted by Gasteiger charge is 1.95. The Morgan fingerprint density at radius 1 is 1.50 bits per heavy atom. The molecule has 1 aromatic rings. The number of benzene rings is 1. The fraction of sp³-hybridized carbons (Fsp3) is 0.333. The van der Waals surface area contributed by atoms with E-state index in [-0.39, 0.29) is 0 Å². The molecule has 0 fully saturated rings. The lowest BCUT2D eigenvalue weighted by Crippen LogP contribution is -2.03. The van der Waals surface area contributed by atoms with Gasteiger partial charge in [0.1, 0.15) is 0 Å². The number of rotatable bonds is 2. The molecule has 1 aromatic carbocycles. The largest absolute Gasteiger partial charge is 0.393 e. The van der Waals surface area contributed by atoms with Crippen molar-refractivity contribution in [2.45, 2.75) is 19.4 Å². The van der Waals surface area contributed by atoms with Crippen LogP contribution in [0.15, 0.2) is 30.3 Å². The number of aliphatic hydroxyl groups excluding tert-OH is 1. The first kappa shape index (κ1) is 5.93. The van der Waals surface area contributed by atoms with Crippen LogP contribution in [0.3, 0.4) is 0 Å². The summed E-state index contributed by atoms with van der Waals surface area (Å²) in [6.45, 7) is 1.63. The molecule has 1 rings (SSSR count). The summed E-state index contributed by atoms with van der Waals surface area (Å²) in [6.07, 6.45) is -1.12. The SMILES string of the molecule is [2H][C@H](c1ccccc1)[C@H](C)O. The lowest BCUT2D eigenvalue weighted by atomic mass is 10.1. The molecule has 54 valence electrons. The molecular weight excluding hydrogens is 124 g/mol. The smallest absolute Gasteiger partial charge is 0.0552 e. The van der Waals surface area contributed by atoms with Gasteiger partial charge in [0.25, 0.3) is 0 Å². The summed E-state index contributed by atoms with van der Waals surface area (Å²) in [4.78, 5) is 0. The van der Waals surface area contributed by atoms with Gasteiger partial charge in [-0.3, -0.25) is 0 Å². The van der Waals surface area contributed by atoms with Crippen molar-refractivity contribution >= 4 is 0 Å². The van der Waals surface area contributed by atoms with Crippen molar-refractivity contribution in [1.29, 1.82) is 0 Å². The first-order valence-electron chi connectivity index (χ1n) is 3.95. The van der Waals surface area contributed by atoms with E-state index in [0.717, 1.165) is 5.56 Å². The van der Waals surface area contributed by atoms with Crippen molar-refractivity contribution in [3.63, 3.8) is 0 Å². The van der Waals surface area contributed by atoms with Gasteiger partial charge in [-0.2, -0.15) is 0 Å². The molecule has 0 spiro atoms. The minimum absolute atomic E-state index is 0.517. The fourth-order valence-corrected chi connectivity index (χ4v) is 0.843. The highest BCUT2D eigenvalue weighted by molar-refractivity contribution is 5.15. The normalized spacial score (nSPS) is 17.6. The van der Waals surface area contributed by atoms with Crippen LogP contribution in [0.25, 0.3) is 0 Å².